The maximum Gasteiger partial charge on any atom is 0.408 e. The van der Waals surface area contributed by atoms with Crippen molar-refractivity contribution in [1.82, 2.24) is 25.5 Å². The van der Waals surface area contributed by atoms with Gasteiger partial charge in [0.2, 0.25) is 17.7 Å². The zero-order valence-electron chi connectivity index (χ0n) is 27.6. The number of para-hydroxylation sites is 2. The van der Waals surface area contributed by atoms with Crippen molar-refractivity contribution in [2.45, 2.75) is 74.6 Å². The van der Waals surface area contributed by atoms with Gasteiger partial charge in [-0.2, -0.15) is 8.78 Å². The van der Waals surface area contributed by atoms with Crippen LogP contribution in [-0.2, 0) is 19.1 Å². The highest BCUT2D eigenvalue weighted by molar-refractivity contribution is 5.96. The summed E-state index contributed by atoms with van der Waals surface area (Å²) in [5.74, 6) is -6.35. The van der Waals surface area contributed by atoms with Crippen molar-refractivity contribution in [2.24, 2.45) is 5.92 Å². The van der Waals surface area contributed by atoms with Crippen molar-refractivity contribution in [1.29, 1.82) is 0 Å². The van der Waals surface area contributed by atoms with Crippen molar-refractivity contribution >= 4 is 34.9 Å². The lowest BCUT2D eigenvalue weighted by molar-refractivity contribution is -0.145. The molecule has 7 rings (SSSR count). The largest absolute Gasteiger partial charge is 0.487 e. The predicted molar refractivity (Wildman–Crippen MR) is 177 cm³/mol. The van der Waals surface area contributed by atoms with Gasteiger partial charge >= 0.3 is 18.0 Å². The van der Waals surface area contributed by atoms with E-state index in [9.17, 15) is 33.1 Å². The van der Waals surface area contributed by atoms with Crippen LogP contribution in [0.25, 0.3) is 22.3 Å². The molecule has 2 aromatic carbocycles. The van der Waals surface area contributed by atoms with Crippen LogP contribution in [0.1, 0.15) is 44.9 Å². The molecular weight excluding hydrogens is 668 g/mol. The molecule has 1 saturated heterocycles. The zero-order valence-corrected chi connectivity index (χ0v) is 27.6. The van der Waals surface area contributed by atoms with Crippen LogP contribution in [0.2, 0.25) is 0 Å². The molecular formula is C36H37F2N5O8. The number of carbonyl (C=O) groups is 4. The second-order valence-electron chi connectivity index (χ2n) is 13.4. The number of amides is 3. The first kappa shape index (κ1) is 34.1. The fourth-order valence-electron chi connectivity index (χ4n) is 6.88. The Morgan fingerprint density at radius 1 is 0.980 bits per heavy atom. The van der Waals surface area contributed by atoms with Crippen molar-refractivity contribution in [2.75, 3.05) is 19.8 Å². The standard InChI is InChI=1S/C36H37F2N5O8/c37-35(38)19-49-23-11-8-9-21(15-23)29-31(40-26-13-7-6-12-25(26)39-29)51-24-16-28-30(44)42-36(33(46)47)17-22(36)10-4-2-1-3-5-14-27(32(45)43(28)18-24)41-34(48)50-20-35/h4,6-13,15,22,24,27-28H,1-3,5,14,16-20H2,(H,41,48)(H,42,44)(H,46,47)/b10-4-/t22-,24-,27+,28+,36-/m1/s1. The van der Waals surface area contributed by atoms with Crippen LogP contribution in [0.5, 0.6) is 11.6 Å². The third-order valence-corrected chi connectivity index (χ3v) is 9.70. The number of halogens is 2. The molecule has 4 heterocycles. The van der Waals surface area contributed by atoms with Crippen LogP contribution >= 0.6 is 0 Å². The fourth-order valence-corrected chi connectivity index (χ4v) is 6.88. The Balaban J connectivity index is 1.29. The quantitative estimate of drug-likeness (QED) is 0.311. The van der Waals surface area contributed by atoms with E-state index < -0.39 is 72.7 Å². The van der Waals surface area contributed by atoms with E-state index in [1.165, 1.54) is 17.0 Å². The number of nitrogens with one attached hydrogen (secondary N) is 2. The number of alkyl halides is 2. The number of cyclic esters (lactones) is 1. The number of benzene rings is 2. The van der Waals surface area contributed by atoms with Gasteiger partial charge in [-0.05, 0) is 49.9 Å². The Hall–Kier alpha value is -5.34. The van der Waals surface area contributed by atoms with Crippen LogP contribution in [0, 0.1) is 5.92 Å². The maximum atomic E-state index is 14.9. The molecule has 3 aromatic rings. The lowest BCUT2D eigenvalue weighted by atomic mass is 10.0. The van der Waals surface area contributed by atoms with E-state index in [-0.39, 0.29) is 43.1 Å². The smallest absolute Gasteiger partial charge is 0.408 e. The number of ether oxygens (including phenoxy) is 3. The lowest BCUT2D eigenvalue weighted by Gasteiger charge is -2.29. The summed E-state index contributed by atoms with van der Waals surface area (Å²) in [4.78, 5) is 64.3. The first-order chi connectivity index (χ1) is 24.5. The lowest BCUT2D eigenvalue weighted by Crippen LogP contribution is -2.56. The number of fused-ring (bicyclic) bond motifs is 8. The van der Waals surface area contributed by atoms with Crippen LogP contribution in [0.15, 0.2) is 60.7 Å². The third kappa shape index (κ3) is 7.28. The topological polar surface area (TPSA) is 169 Å². The monoisotopic (exact) mass is 705 g/mol. The van der Waals surface area contributed by atoms with Crippen LogP contribution in [-0.4, -0.2) is 93.3 Å². The van der Waals surface area contributed by atoms with Gasteiger partial charge in [-0.25, -0.2) is 19.6 Å². The molecule has 2 fully saturated rings. The highest BCUT2D eigenvalue weighted by Crippen LogP contribution is 2.45. The summed E-state index contributed by atoms with van der Waals surface area (Å²) in [6, 6.07) is 11.0. The maximum absolute atomic E-state index is 14.9. The number of aliphatic carboxylic acids is 1. The number of alkyl carbamates (subject to hydrolysis) is 1. The van der Waals surface area contributed by atoms with Crippen molar-refractivity contribution in [3.63, 3.8) is 0 Å². The number of allylic oxidation sites excluding steroid dienone is 1. The summed E-state index contributed by atoms with van der Waals surface area (Å²) in [5, 5.41) is 15.3. The fraction of sp³-hybridized carbons (Fsp3) is 0.444. The van der Waals surface area contributed by atoms with Crippen molar-refractivity contribution in [3.05, 3.63) is 60.7 Å². The molecule has 13 nitrogen and oxygen atoms in total. The number of carboxylic acids is 1. The molecule has 1 aromatic heterocycles. The van der Waals surface area contributed by atoms with Gasteiger partial charge in [0.25, 0.3) is 0 Å². The molecule has 15 heteroatoms. The molecule has 3 aliphatic heterocycles. The molecule has 5 bridgehead atoms. The Morgan fingerprint density at radius 2 is 1.76 bits per heavy atom. The summed E-state index contributed by atoms with van der Waals surface area (Å²) in [6.07, 6.45) is 4.52. The zero-order chi connectivity index (χ0) is 35.8. The third-order valence-electron chi connectivity index (χ3n) is 9.70. The summed E-state index contributed by atoms with van der Waals surface area (Å²) in [6.45, 7) is -2.53. The normalized spacial score (nSPS) is 28.8. The number of carboxylic acid groups (broad SMARTS) is 1. The highest BCUT2D eigenvalue weighted by Gasteiger charge is 2.61. The van der Waals surface area contributed by atoms with E-state index in [1.54, 1.807) is 36.4 Å². The number of nitrogens with zero attached hydrogens (tertiary/aromatic N) is 3. The highest BCUT2D eigenvalue weighted by atomic mass is 19.3. The molecule has 3 N–H and O–H groups in total. The first-order valence-corrected chi connectivity index (χ1v) is 17.0. The summed E-state index contributed by atoms with van der Waals surface area (Å²) in [7, 11) is 0. The van der Waals surface area contributed by atoms with E-state index in [0.717, 1.165) is 6.42 Å². The van der Waals surface area contributed by atoms with Gasteiger partial charge in [-0.3, -0.25) is 9.59 Å². The van der Waals surface area contributed by atoms with Gasteiger partial charge < -0.3 is 34.9 Å². The Morgan fingerprint density at radius 3 is 2.57 bits per heavy atom. The predicted octanol–water partition coefficient (Wildman–Crippen LogP) is 4.25. The van der Waals surface area contributed by atoms with Crippen molar-refractivity contribution in [3.8, 4) is 22.9 Å². The molecule has 5 atom stereocenters. The number of aromatic nitrogens is 2. The Labute approximate surface area is 291 Å². The van der Waals surface area contributed by atoms with Gasteiger partial charge in [-0.15, -0.1) is 0 Å². The van der Waals surface area contributed by atoms with E-state index in [0.29, 0.717) is 35.9 Å². The van der Waals surface area contributed by atoms with Crippen molar-refractivity contribution < 1.29 is 47.3 Å². The molecule has 0 radical (unpaired) electrons. The van der Waals surface area contributed by atoms with E-state index in [2.05, 4.69) is 10.6 Å². The molecule has 3 amide bonds. The summed E-state index contributed by atoms with van der Waals surface area (Å²) in [5.41, 5.74) is 0.240. The van der Waals surface area contributed by atoms with Crippen LogP contribution in [0.4, 0.5) is 13.6 Å². The van der Waals surface area contributed by atoms with Gasteiger partial charge in [0, 0.05) is 17.9 Å². The van der Waals surface area contributed by atoms with E-state index in [1.807, 2.05) is 12.2 Å². The molecule has 0 unspecified atom stereocenters. The van der Waals surface area contributed by atoms with Gasteiger partial charge in [0.05, 0.1) is 17.6 Å². The average molecular weight is 706 g/mol. The molecule has 1 saturated carbocycles. The second-order valence-corrected chi connectivity index (χ2v) is 13.4. The molecule has 4 aliphatic rings. The Bertz CT molecular complexity index is 1890. The number of rotatable bonds is 1. The molecule has 51 heavy (non-hydrogen) atoms. The number of carbonyl (C=O) groups excluding carboxylic acids is 3. The first-order valence-electron chi connectivity index (χ1n) is 17.0. The minimum Gasteiger partial charge on any atom is -0.487 e. The minimum atomic E-state index is -3.58. The SMILES string of the molecule is O=C1N[C@H]2CCCCC/C=C\[C@@H]3C[C@@]3(C(=O)O)NC(=O)[C@@H]3C[C@H](CN3C2=O)Oc2nc3ccccc3nc2-c2cccc(c2)OCC(F)(F)CO1. The number of hydrogen-bond acceptors (Lipinski definition) is 9. The van der Waals surface area contributed by atoms with Gasteiger partial charge in [-0.1, -0.05) is 49.3 Å². The van der Waals surface area contributed by atoms with E-state index >= 15 is 0 Å². The van der Waals surface area contributed by atoms with Crippen LogP contribution < -0.4 is 20.1 Å². The minimum absolute atomic E-state index is 0.0335. The average Bonchev–Trinajstić information content (AvgIpc) is 3.65. The number of hydrogen-bond donors (Lipinski definition) is 3. The van der Waals surface area contributed by atoms with Crippen LogP contribution in [0.3, 0.4) is 0 Å². The molecule has 0 spiro atoms. The van der Waals surface area contributed by atoms with E-state index in [4.69, 9.17) is 24.2 Å². The molecule has 268 valence electrons. The molecule has 1 aliphatic carbocycles. The van der Waals surface area contributed by atoms with Gasteiger partial charge in [0.15, 0.2) is 13.2 Å². The van der Waals surface area contributed by atoms with Gasteiger partial charge in [0.1, 0.15) is 35.2 Å². The summed E-state index contributed by atoms with van der Waals surface area (Å²) >= 11 is 0. The summed E-state index contributed by atoms with van der Waals surface area (Å²) < 4.78 is 46.6. The Kier molecular flexibility index (Phi) is 9.21. The second kappa shape index (κ2) is 13.8.